The Morgan fingerprint density at radius 2 is 1.85 bits per heavy atom. The molecule has 0 spiro atoms. The Balaban J connectivity index is 1.59. The number of halogens is 2. The summed E-state index contributed by atoms with van der Waals surface area (Å²) >= 11 is 15.0. The van der Waals surface area contributed by atoms with Gasteiger partial charge in [0.05, 0.1) is 21.3 Å². The Morgan fingerprint density at radius 1 is 1.12 bits per heavy atom. The zero-order chi connectivity index (χ0) is 24.4. The maximum atomic E-state index is 13.2. The number of ether oxygens (including phenoxy) is 2. The molecular weight excluding hydrogens is 601 g/mol. The predicted octanol–water partition coefficient (Wildman–Crippen LogP) is 7.55. The second-order valence-electron chi connectivity index (χ2n) is 7.76. The Bertz CT molecular complexity index is 1310. The average molecular weight is 622 g/mol. The number of rotatable bonds is 6. The van der Waals surface area contributed by atoms with Gasteiger partial charge < -0.3 is 9.47 Å². The fourth-order valence-corrected chi connectivity index (χ4v) is 5.77. The third-order valence-corrected chi connectivity index (χ3v) is 7.59. The van der Waals surface area contributed by atoms with Gasteiger partial charge in [0.1, 0.15) is 6.61 Å². The maximum Gasteiger partial charge on any atom is 0.270 e. The molecule has 174 valence electrons. The number of methoxy groups -OCH3 is 1. The number of thioether (sulfide) groups is 1. The van der Waals surface area contributed by atoms with Crippen LogP contribution in [0.5, 0.6) is 11.5 Å². The number of hydrogen-bond acceptors (Lipinski definition) is 5. The number of hydrogen-bond donors (Lipinski definition) is 0. The molecule has 8 heteroatoms. The van der Waals surface area contributed by atoms with Gasteiger partial charge >= 0.3 is 0 Å². The van der Waals surface area contributed by atoms with Crippen molar-refractivity contribution in [3.8, 4) is 11.5 Å². The molecule has 34 heavy (non-hydrogen) atoms. The number of carbonyl (C=O) groups is 1. The molecule has 1 saturated heterocycles. The first kappa shape index (κ1) is 25.0. The van der Waals surface area contributed by atoms with E-state index in [1.165, 1.54) is 11.8 Å². The van der Waals surface area contributed by atoms with Crippen LogP contribution in [-0.2, 0) is 11.4 Å². The molecule has 4 rings (SSSR count). The number of carbonyl (C=O) groups excluding carboxylic acids is 1. The number of nitrogens with zero attached hydrogens (tertiary/aromatic N) is 1. The van der Waals surface area contributed by atoms with E-state index < -0.39 is 0 Å². The van der Waals surface area contributed by atoms with Crippen molar-refractivity contribution < 1.29 is 14.3 Å². The van der Waals surface area contributed by atoms with E-state index in [0.717, 1.165) is 31.5 Å². The highest BCUT2D eigenvalue weighted by atomic mass is 127. The molecule has 0 aliphatic carbocycles. The Hall–Kier alpha value is -2.07. The van der Waals surface area contributed by atoms with Crippen molar-refractivity contribution >= 4 is 80.2 Å². The summed E-state index contributed by atoms with van der Waals surface area (Å²) in [5, 5.41) is 0.684. The fraction of sp³-hybridized carbons (Fsp3) is 0.154. The quantitative estimate of drug-likeness (QED) is 0.161. The van der Waals surface area contributed by atoms with Crippen LogP contribution < -0.4 is 14.4 Å². The van der Waals surface area contributed by atoms with E-state index >= 15 is 0 Å². The minimum Gasteiger partial charge on any atom is -0.493 e. The second kappa shape index (κ2) is 10.7. The molecule has 3 aromatic carbocycles. The molecule has 1 aliphatic rings. The van der Waals surface area contributed by atoms with Crippen LogP contribution in [0.3, 0.4) is 0 Å². The lowest BCUT2D eigenvalue weighted by molar-refractivity contribution is -0.113. The third kappa shape index (κ3) is 5.43. The van der Waals surface area contributed by atoms with E-state index in [0.29, 0.717) is 32.4 Å². The van der Waals surface area contributed by atoms with E-state index in [2.05, 4.69) is 22.6 Å². The van der Waals surface area contributed by atoms with E-state index in [4.69, 9.17) is 33.3 Å². The van der Waals surface area contributed by atoms with Crippen LogP contribution in [0.4, 0.5) is 5.69 Å². The van der Waals surface area contributed by atoms with Crippen molar-refractivity contribution in [2.24, 2.45) is 0 Å². The van der Waals surface area contributed by atoms with Crippen LogP contribution in [0.15, 0.2) is 59.5 Å². The molecule has 0 aromatic heterocycles. The highest BCUT2D eigenvalue weighted by Crippen LogP contribution is 2.40. The summed E-state index contributed by atoms with van der Waals surface area (Å²) in [5.41, 5.74) is 4.80. The normalized spacial score (nSPS) is 14.7. The van der Waals surface area contributed by atoms with Crippen LogP contribution in [0.2, 0.25) is 5.02 Å². The number of amides is 1. The molecule has 3 aromatic rings. The van der Waals surface area contributed by atoms with Crippen LogP contribution in [-0.4, -0.2) is 17.3 Å². The van der Waals surface area contributed by atoms with Crippen LogP contribution in [0.25, 0.3) is 6.08 Å². The standard InChI is InChI=1S/C26H21ClINO3S2/c1-15-4-9-21(16(2)10-15)29-25(30)23(34-26(29)33)13-18-11-20(28)24(22(12-18)31-3)32-14-17-5-7-19(27)8-6-17/h4-13H,14H2,1-3H3/b23-13-. The van der Waals surface area contributed by atoms with Crippen molar-refractivity contribution in [3.63, 3.8) is 0 Å². The number of benzene rings is 3. The van der Waals surface area contributed by atoms with Gasteiger partial charge in [-0.15, -0.1) is 0 Å². The predicted molar refractivity (Wildman–Crippen MR) is 153 cm³/mol. The van der Waals surface area contributed by atoms with Gasteiger partial charge in [-0.2, -0.15) is 0 Å². The van der Waals surface area contributed by atoms with Crippen LogP contribution in [0.1, 0.15) is 22.3 Å². The third-order valence-electron chi connectivity index (χ3n) is 5.23. The van der Waals surface area contributed by atoms with E-state index in [1.54, 1.807) is 12.0 Å². The molecule has 1 fully saturated rings. The van der Waals surface area contributed by atoms with Gasteiger partial charge in [0.2, 0.25) is 0 Å². The average Bonchev–Trinajstić information content (AvgIpc) is 3.06. The summed E-state index contributed by atoms with van der Waals surface area (Å²) in [4.78, 5) is 15.4. The molecular formula is C26H21ClINO3S2. The Kier molecular flexibility index (Phi) is 7.87. The minimum atomic E-state index is -0.126. The summed E-state index contributed by atoms with van der Waals surface area (Å²) in [7, 11) is 1.60. The van der Waals surface area contributed by atoms with Gasteiger partial charge in [-0.1, -0.05) is 65.4 Å². The minimum absolute atomic E-state index is 0.126. The lowest BCUT2D eigenvalue weighted by Crippen LogP contribution is -2.28. The van der Waals surface area contributed by atoms with Crippen LogP contribution in [0, 0.1) is 17.4 Å². The molecule has 0 radical (unpaired) electrons. The summed E-state index contributed by atoms with van der Waals surface area (Å²) in [6.45, 7) is 4.40. The molecule has 0 N–H and O–H groups in total. The number of thiocarbonyl (C=S) groups is 1. The van der Waals surface area contributed by atoms with E-state index in [-0.39, 0.29) is 5.91 Å². The first-order valence-electron chi connectivity index (χ1n) is 10.4. The Labute approximate surface area is 227 Å². The SMILES string of the molecule is COc1cc(/C=C2\SC(=S)N(c3ccc(C)cc3C)C2=O)cc(I)c1OCc1ccc(Cl)cc1. The summed E-state index contributed by atoms with van der Waals surface area (Å²) in [5.74, 6) is 1.12. The summed E-state index contributed by atoms with van der Waals surface area (Å²) in [6.07, 6.45) is 1.84. The lowest BCUT2D eigenvalue weighted by Gasteiger charge is -2.17. The van der Waals surface area contributed by atoms with E-state index in [9.17, 15) is 4.79 Å². The highest BCUT2D eigenvalue weighted by molar-refractivity contribution is 14.1. The smallest absolute Gasteiger partial charge is 0.270 e. The summed E-state index contributed by atoms with van der Waals surface area (Å²) in [6, 6.07) is 17.3. The van der Waals surface area contributed by atoms with Crippen molar-refractivity contribution in [1.29, 1.82) is 0 Å². The molecule has 0 bridgehead atoms. The fourth-order valence-electron chi connectivity index (χ4n) is 3.58. The zero-order valence-electron chi connectivity index (χ0n) is 18.7. The lowest BCUT2D eigenvalue weighted by atomic mass is 10.1. The van der Waals surface area contributed by atoms with Crippen molar-refractivity contribution in [1.82, 2.24) is 0 Å². The summed E-state index contributed by atoms with van der Waals surface area (Å²) < 4.78 is 13.0. The number of anilines is 1. The molecule has 1 aliphatic heterocycles. The molecule has 4 nitrogen and oxygen atoms in total. The van der Waals surface area contributed by atoms with Gasteiger partial charge in [0, 0.05) is 5.02 Å². The second-order valence-corrected chi connectivity index (χ2v) is 11.0. The highest BCUT2D eigenvalue weighted by Gasteiger charge is 2.34. The monoisotopic (exact) mass is 621 g/mol. The van der Waals surface area contributed by atoms with Crippen molar-refractivity contribution in [2.45, 2.75) is 20.5 Å². The molecule has 0 unspecified atom stereocenters. The molecule has 0 atom stereocenters. The van der Waals surface area contributed by atoms with Gasteiger partial charge in [0.15, 0.2) is 15.8 Å². The molecule has 1 amide bonds. The van der Waals surface area contributed by atoms with E-state index in [1.807, 2.05) is 74.5 Å². The molecule has 0 saturated carbocycles. The van der Waals surface area contributed by atoms with Crippen LogP contribution >= 0.6 is 58.2 Å². The zero-order valence-corrected chi connectivity index (χ0v) is 23.3. The van der Waals surface area contributed by atoms with Gasteiger partial charge in [-0.05, 0) is 89.5 Å². The maximum absolute atomic E-state index is 13.2. The number of aryl methyl sites for hydroxylation is 2. The Morgan fingerprint density at radius 3 is 2.53 bits per heavy atom. The largest absolute Gasteiger partial charge is 0.493 e. The topological polar surface area (TPSA) is 38.8 Å². The van der Waals surface area contributed by atoms with Gasteiger partial charge in [-0.25, -0.2) is 0 Å². The molecule has 1 heterocycles. The van der Waals surface area contributed by atoms with Crippen molar-refractivity contribution in [3.05, 3.63) is 90.3 Å². The van der Waals surface area contributed by atoms with Gasteiger partial charge in [0.25, 0.3) is 5.91 Å². The first-order chi connectivity index (χ1) is 16.3. The van der Waals surface area contributed by atoms with Gasteiger partial charge in [-0.3, -0.25) is 9.69 Å². The first-order valence-corrected chi connectivity index (χ1v) is 13.0. The van der Waals surface area contributed by atoms with Crippen molar-refractivity contribution in [2.75, 3.05) is 12.0 Å².